The molecule has 0 atom stereocenters. The maximum Gasteiger partial charge on any atom is 0.253 e. The molecule has 2 amide bonds. The molecular weight excluding hydrogens is 442 g/mol. The first kappa shape index (κ1) is 23.2. The van der Waals surface area contributed by atoms with Gasteiger partial charge in [0.15, 0.2) is 5.11 Å². The van der Waals surface area contributed by atoms with E-state index in [9.17, 15) is 9.59 Å². The fourth-order valence-corrected chi connectivity index (χ4v) is 3.35. The van der Waals surface area contributed by atoms with E-state index in [1.165, 1.54) is 6.08 Å². The Kier molecular flexibility index (Phi) is 8.14. The molecule has 3 rings (SSSR count). The minimum absolute atomic E-state index is 0.169. The second kappa shape index (κ2) is 11.2. The SMILES string of the molecule is CN(C(=S)NC(=O)/C=C/c1ccccc1Cl)c1ccccc1C(=O)NCc1ccccc1. The number of hydrogen-bond acceptors (Lipinski definition) is 3. The molecule has 0 bridgehead atoms. The van der Waals surface area contributed by atoms with Crippen LogP contribution in [0.3, 0.4) is 0 Å². The summed E-state index contributed by atoms with van der Waals surface area (Å²) in [5.41, 5.74) is 2.76. The van der Waals surface area contributed by atoms with Gasteiger partial charge in [-0.15, -0.1) is 0 Å². The summed E-state index contributed by atoms with van der Waals surface area (Å²) in [7, 11) is 1.70. The van der Waals surface area contributed by atoms with Crippen molar-refractivity contribution in [3.63, 3.8) is 0 Å². The number of hydrogen-bond donors (Lipinski definition) is 2. The molecule has 0 aromatic heterocycles. The Labute approximate surface area is 197 Å². The van der Waals surface area contributed by atoms with Crippen LogP contribution in [0.4, 0.5) is 5.69 Å². The average molecular weight is 464 g/mol. The third-order valence-electron chi connectivity index (χ3n) is 4.66. The van der Waals surface area contributed by atoms with Gasteiger partial charge in [-0.1, -0.05) is 72.3 Å². The van der Waals surface area contributed by atoms with Crippen LogP contribution in [0.1, 0.15) is 21.5 Å². The fraction of sp³-hybridized carbons (Fsp3) is 0.0800. The second-order valence-corrected chi connectivity index (χ2v) is 7.69. The lowest BCUT2D eigenvalue weighted by Crippen LogP contribution is -2.40. The molecule has 0 aliphatic rings. The van der Waals surface area contributed by atoms with Crippen LogP contribution < -0.4 is 15.5 Å². The van der Waals surface area contributed by atoms with Gasteiger partial charge in [0.05, 0.1) is 11.3 Å². The normalized spacial score (nSPS) is 10.6. The average Bonchev–Trinajstić information content (AvgIpc) is 2.82. The van der Waals surface area contributed by atoms with Crippen LogP contribution in [0.5, 0.6) is 0 Å². The largest absolute Gasteiger partial charge is 0.348 e. The number of carbonyl (C=O) groups excluding carboxylic acids is 2. The van der Waals surface area contributed by atoms with Crippen molar-refractivity contribution in [2.75, 3.05) is 11.9 Å². The first-order valence-corrected chi connectivity index (χ1v) is 10.7. The van der Waals surface area contributed by atoms with E-state index in [0.29, 0.717) is 22.8 Å². The quantitative estimate of drug-likeness (QED) is 0.406. The summed E-state index contributed by atoms with van der Waals surface area (Å²) in [5, 5.41) is 6.28. The Morgan fingerprint density at radius 2 is 1.62 bits per heavy atom. The molecule has 3 aromatic carbocycles. The molecule has 0 fully saturated rings. The molecule has 32 heavy (non-hydrogen) atoms. The maximum atomic E-state index is 12.8. The molecule has 0 spiro atoms. The van der Waals surface area contributed by atoms with Crippen LogP contribution in [-0.2, 0) is 11.3 Å². The molecule has 0 radical (unpaired) electrons. The van der Waals surface area contributed by atoms with Crippen LogP contribution in [0, 0.1) is 0 Å². The molecule has 0 unspecified atom stereocenters. The summed E-state index contributed by atoms with van der Waals surface area (Å²) in [4.78, 5) is 26.7. The number of halogens is 1. The number of rotatable bonds is 6. The lowest BCUT2D eigenvalue weighted by atomic mass is 10.1. The first-order valence-electron chi connectivity index (χ1n) is 9.88. The standard InChI is InChI=1S/C25H22ClN3O2S/c1-29(25(32)28-23(30)16-15-19-11-5-7-13-21(19)26)22-14-8-6-12-20(22)24(31)27-17-18-9-3-2-4-10-18/h2-16H,17H2,1H3,(H,27,31)(H,28,30,32)/b16-15+. The van der Waals surface area contributed by atoms with Crippen LogP contribution >= 0.6 is 23.8 Å². The number of nitrogens with zero attached hydrogens (tertiary/aromatic N) is 1. The molecule has 0 saturated heterocycles. The Bertz CT molecular complexity index is 1150. The highest BCUT2D eigenvalue weighted by molar-refractivity contribution is 7.80. The van der Waals surface area contributed by atoms with Gasteiger partial charge >= 0.3 is 0 Å². The number of anilines is 1. The van der Waals surface area contributed by atoms with Crippen LogP contribution in [-0.4, -0.2) is 24.0 Å². The van der Waals surface area contributed by atoms with E-state index in [-0.39, 0.29) is 11.0 Å². The van der Waals surface area contributed by atoms with Crippen molar-refractivity contribution in [1.82, 2.24) is 10.6 Å². The number of benzene rings is 3. The lowest BCUT2D eigenvalue weighted by molar-refractivity contribution is -0.115. The molecule has 0 saturated carbocycles. The third-order valence-corrected chi connectivity index (χ3v) is 5.38. The summed E-state index contributed by atoms with van der Waals surface area (Å²) >= 11 is 11.5. The first-order chi connectivity index (χ1) is 15.5. The highest BCUT2D eigenvalue weighted by atomic mass is 35.5. The predicted octanol–water partition coefficient (Wildman–Crippen LogP) is 4.82. The van der Waals surface area contributed by atoms with Crippen molar-refractivity contribution in [2.45, 2.75) is 6.54 Å². The summed E-state index contributed by atoms with van der Waals surface area (Å²) in [5.74, 6) is -0.628. The van der Waals surface area contributed by atoms with Crippen LogP contribution in [0.15, 0.2) is 84.9 Å². The molecule has 0 heterocycles. The monoisotopic (exact) mass is 463 g/mol. The van der Waals surface area contributed by atoms with E-state index in [1.54, 1.807) is 48.4 Å². The molecule has 162 valence electrons. The zero-order valence-corrected chi connectivity index (χ0v) is 19.0. The Hall–Kier alpha value is -3.48. The molecule has 7 heteroatoms. The van der Waals surface area contributed by atoms with Gasteiger partial charge in [-0.25, -0.2) is 0 Å². The minimum Gasteiger partial charge on any atom is -0.348 e. The van der Waals surface area contributed by atoms with Crippen molar-refractivity contribution in [1.29, 1.82) is 0 Å². The molecule has 3 aromatic rings. The summed E-state index contributed by atoms with van der Waals surface area (Å²) in [6.07, 6.45) is 2.98. The van der Waals surface area contributed by atoms with E-state index in [1.807, 2.05) is 48.5 Å². The third kappa shape index (κ3) is 6.26. The second-order valence-electron chi connectivity index (χ2n) is 6.89. The summed E-state index contributed by atoms with van der Waals surface area (Å²) in [6.45, 7) is 0.408. The summed E-state index contributed by atoms with van der Waals surface area (Å²) < 4.78 is 0. The smallest absolute Gasteiger partial charge is 0.253 e. The maximum absolute atomic E-state index is 12.8. The van der Waals surface area contributed by atoms with Gasteiger partial charge in [0.25, 0.3) is 5.91 Å². The number of thiocarbonyl (C=S) groups is 1. The van der Waals surface area contributed by atoms with Gasteiger partial charge in [0, 0.05) is 24.7 Å². The van der Waals surface area contributed by atoms with Gasteiger partial charge in [-0.2, -0.15) is 0 Å². The highest BCUT2D eigenvalue weighted by Gasteiger charge is 2.17. The van der Waals surface area contributed by atoms with Crippen molar-refractivity contribution < 1.29 is 9.59 Å². The van der Waals surface area contributed by atoms with Crippen molar-refractivity contribution in [2.24, 2.45) is 0 Å². The molecule has 0 aliphatic heterocycles. The highest BCUT2D eigenvalue weighted by Crippen LogP contribution is 2.20. The van der Waals surface area contributed by atoms with E-state index < -0.39 is 5.91 Å². The number of carbonyl (C=O) groups is 2. The Morgan fingerprint density at radius 3 is 2.38 bits per heavy atom. The zero-order valence-electron chi connectivity index (χ0n) is 17.4. The van der Waals surface area contributed by atoms with Gasteiger partial charge in [-0.05, 0) is 47.6 Å². The number of nitrogens with one attached hydrogen (secondary N) is 2. The van der Waals surface area contributed by atoms with Gasteiger partial charge in [-0.3, -0.25) is 14.9 Å². The van der Waals surface area contributed by atoms with Crippen molar-refractivity contribution in [3.8, 4) is 0 Å². The minimum atomic E-state index is -0.396. The topological polar surface area (TPSA) is 61.4 Å². The number of amides is 2. The van der Waals surface area contributed by atoms with Crippen LogP contribution in [0.2, 0.25) is 5.02 Å². The molecule has 2 N–H and O–H groups in total. The molecular formula is C25H22ClN3O2S. The van der Waals surface area contributed by atoms with E-state index >= 15 is 0 Å². The Morgan fingerprint density at radius 1 is 0.969 bits per heavy atom. The van der Waals surface area contributed by atoms with E-state index in [4.69, 9.17) is 23.8 Å². The van der Waals surface area contributed by atoms with Crippen LogP contribution in [0.25, 0.3) is 6.08 Å². The number of para-hydroxylation sites is 1. The summed E-state index contributed by atoms with van der Waals surface area (Å²) in [6, 6.07) is 23.9. The molecule has 5 nitrogen and oxygen atoms in total. The predicted molar refractivity (Wildman–Crippen MR) is 134 cm³/mol. The zero-order chi connectivity index (χ0) is 22.9. The molecule has 0 aliphatic carbocycles. The van der Waals surface area contributed by atoms with E-state index in [2.05, 4.69) is 10.6 Å². The van der Waals surface area contributed by atoms with E-state index in [0.717, 1.165) is 11.1 Å². The lowest BCUT2D eigenvalue weighted by Gasteiger charge is -2.22. The Balaban J connectivity index is 1.65. The van der Waals surface area contributed by atoms with Gasteiger partial charge in [0.1, 0.15) is 0 Å². The van der Waals surface area contributed by atoms with Gasteiger partial charge in [0.2, 0.25) is 5.91 Å². The van der Waals surface area contributed by atoms with Crippen molar-refractivity contribution in [3.05, 3.63) is 107 Å². The van der Waals surface area contributed by atoms with Gasteiger partial charge < -0.3 is 10.2 Å². The fourth-order valence-electron chi connectivity index (χ4n) is 2.95. The van der Waals surface area contributed by atoms with Crippen molar-refractivity contribution >= 4 is 52.5 Å².